The summed E-state index contributed by atoms with van der Waals surface area (Å²) in [6.07, 6.45) is 4.86. The Morgan fingerprint density at radius 2 is 2.21 bits per heavy atom. The van der Waals surface area contributed by atoms with E-state index in [0.29, 0.717) is 18.5 Å². The van der Waals surface area contributed by atoms with Crippen molar-refractivity contribution in [2.45, 2.75) is 13.0 Å². The summed E-state index contributed by atoms with van der Waals surface area (Å²) in [5, 5.41) is 2.87. The van der Waals surface area contributed by atoms with Crippen LogP contribution in [0.4, 0.5) is 5.95 Å². The third kappa shape index (κ3) is 3.38. The minimum atomic E-state index is -0.146. The van der Waals surface area contributed by atoms with Crippen LogP contribution in [0.2, 0.25) is 0 Å². The maximum Gasteiger partial charge on any atom is 0.323 e. The van der Waals surface area contributed by atoms with Gasteiger partial charge in [-0.1, -0.05) is 0 Å². The molecule has 0 aromatic carbocycles. The molecule has 19 heavy (non-hydrogen) atoms. The lowest BCUT2D eigenvalue weighted by atomic mass is 10.4. The first-order chi connectivity index (χ1) is 9.22. The van der Waals surface area contributed by atoms with Gasteiger partial charge in [0.25, 0.3) is 0 Å². The van der Waals surface area contributed by atoms with E-state index in [2.05, 4.69) is 25.3 Å². The highest BCUT2D eigenvalue weighted by Crippen LogP contribution is 2.12. The van der Waals surface area contributed by atoms with Crippen molar-refractivity contribution in [1.29, 1.82) is 0 Å². The number of ether oxygens (including phenoxy) is 2. The quantitative estimate of drug-likeness (QED) is 0.813. The van der Waals surface area contributed by atoms with Crippen molar-refractivity contribution in [3.05, 3.63) is 18.7 Å². The molecule has 0 radical (unpaired) electrons. The van der Waals surface area contributed by atoms with Crippen LogP contribution in [0.25, 0.3) is 5.95 Å². The Hall–Kier alpha value is -2.22. The first-order valence-corrected chi connectivity index (χ1v) is 5.80. The Morgan fingerprint density at radius 1 is 1.37 bits per heavy atom. The van der Waals surface area contributed by atoms with Crippen molar-refractivity contribution >= 4 is 5.95 Å². The molecule has 102 valence electrons. The molecule has 8 heteroatoms. The van der Waals surface area contributed by atoms with Crippen molar-refractivity contribution in [2.24, 2.45) is 0 Å². The fourth-order valence-corrected chi connectivity index (χ4v) is 1.45. The summed E-state index contributed by atoms with van der Waals surface area (Å²) in [6, 6.07) is 0.243. The largest absolute Gasteiger partial charge is 0.458 e. The molecule has 2 aromatic heterocycles. The number of imidazole rings is 1. The number of methoxy groups -OCH3 is 1. The first kappa shape index (κ1) is 13.2. The highest BCUT2D eigenvalue weighted by atomic mass is 16.5. The van der Waals surface area contributed by atoms with E-state index in [1.54, 1.807) is 37.4 Å². The van der Waals surface area contributed by atoms with E-state index in [9.17, 15) is 0 Å². The first-order valence-electron chi connectivity index (χ1n) is 5.80. The SMILES string of the molecule is CNc1nc(OC(C)COC)nc(-n2ccnc2)n1. The molecule has 8 nitrogen and oxygen atoms in total. The van der Waals surface area contributed by atoms with Gasteiger partial charge < -0.3 is 14.8 Å². The van der Waals surface area contributed by atoms with Crippen LogP contribution in [0, 0.1) is 0 Å². The molecule has 0 aliphatic carbocycles. The maximum atomic E-state index is 5.57. The Morgan fingerprint density at radius 3 is 2.84 bits per heavy atom. The molecule has 2 heterocycles. The summed E-state index contributed by atoms with van der Waals surface area (Å²) in [6.45, 7) is 2.34. The van der Waals surface area contributed by atoms with Gasteiger partial charge >= 0.3 is 6.01 Å². The number of nitrogens with one attached hydrogen (secondary N) is 1. The monoisotopic (exact) mass is 264 g/mol. The van der Waals surface area contributed by atoms with Gasteiger partial charge in [0.2, 0.25) is 11.9 Å². The molecule has 1 N–H and O–H groups in total. The van der Waals surface area contributed by atoms with E-state index in [0.717, 1.165) is 0 Å². The fraction of sp³-hybridized carbons (Fsp3) is 0.455. The summed E-state index contributed by atoms with van der Waals surface area (Å²) >= 11 is 0. The molecular weight excluding hydrogens is 248 g/mol. The molecule has 0 amide bonds. The summed E-state index contributed by atoms with van der Waals surface area (Å²) in [5.41, 5.74) is 0. The smallest absolute Gasteiger partial charge is 0.323 e. The maximum absolute atomic E-state index is 5.57. The highest BCUT2D eigenvalue weighted by molar-refractivity contribution is 5.29. The number of hydrogen-bond donors (Lipinski definition) is 1. The zero-order chi connectivity index (χ0) is 13.7. The average Bonchev–Trinajstić information content (AvgIpc) is 2.92. The van der Waals surface area contributed by atoms with Crippen molar-refractivity contribution in [1.82, 2.24) is 24.5 Å². The van der Waals surface area contributed by atoms with Crippen molar-refractivity contribution in [3.63, 3.8) is 0 Å². The molecule has 1 unspecified atom stereocenters. The van der Waals surface area contributed by atoms with E-state index in [1.165, 1.54) is 0 Å². The predicted octanol–water partition coefficient (Wildman–Crippen LogP) is 0.513. The lowest BCUT2D eigenvalue weighted by Crippen LogP contribution is -2.20. The van der Waals surface area contributed by atoms with Gasteiger partial charge in [-0.3, -0.25) is 4.57 Å². The Kier molecular flexibility index (Phi) is 4.24. The molecule has 0 spiro atoms. The average molecular weight is 264 g/mol. The van der Waals surface area contributed by atoms with Gasteiger partial charge in [-0.05, 0) is 6.92 Å². The van der Waals surface area contributed by atoms with Crippen LogP contribution in [-0.4, -0.2) is 51.4 Å². The Bertz CT molecular complexity index is 516. The van der Waals surface area contributed by atoms with E-state index < -0.39 is 0 Å². The molecule has 1 atom stereocenters. The van der Waals surface area contributed by atoms with Crippen molar-refractivity contribution in [3.8, 4) is 12.0 Å². The van der Waals surface area contributed by atoms with Crippen LogP contribution in [0.5, 0.6) is 6.01 Å². The number of aromatic nitrogens is 5. The molecular formula is C11H16N6O2. The van der Waals surface area contributed by atoms with Crippen LogP contribution in [0.15, 0.2) is 18.7 Å². The summed E-state index contributed by atoms with van der Waals surface area (Å²) in [5.74, 6) is 0.870. The molecule has 0 saturated heterocycles. The van der Waals surface area contributed by atoms with E-state index in [4.69, 9.17) is 9.47 Å². The topological polar surface area (TPSA) is 87.0 Å². The summed E-state index contributed by atoms with van der Waals surface area (Å²) < 4.78 is 12.3. The van der Waals surface area contributed by atoms with Crippen LogP contribution in [0.3, 0.4) is 0 Å². The lowest BCUT2D eigenvalue weighted by Gasteiger charge is -2.13. The molecule has 0 saturated carbocycles. The third-order valence-corrected chi connectivity index (χ3v) is 2.27. The summed E-state index contributed by atoms with van der Waals surface area (Å²) in [7, 11) is 3.35. The van der Waals surface area contributed by atoms with E-state index in [-0.39, 0.29) is 12.1 Å². The second-order valence-electron chi connectivity index (χ2n) is 3.85. The van der Waals surface area contributed by atoms with Crippen LogP contribution in [-0.2, 0) is 4.74 Å². The van der Waals surface area contributed by atoms with Gasteiger partial charge in [-0.25, -0.2) is 4.98 Å². The summed E-state index contributed by atoms with van der Waals surface area (Å²) in [4.78, 5) is 16.5. The van der Waals surface area contributed by atoms with Gasteiger partial charge in [0, 0.05) is 26.6 Å². The van der Waals surface area contributed by atoms with Crippen LogP contribution >= 0.6 is 0 Å². The standard InChI is InChI=1S/C11H16N6O2/c1-8(6-18-3)19-11-15-9(12-2)14-10(16-11)17-5-4-13-7-17/h4-5,7-8H,6H2,1-3H3,(H,12,14,15,16). The zero-order valence-corrected chi connectivity index (χ0v) is 11.1. The second kappa shape index (κ2) is 6.10. The van der Waals surface area contributed by atoms with E-state index >= 15 is 0 Å². The van der Waals surface area contributed by atoms with Crippen LogP contribution < -0.4 is 10.1 Å². The predicted molar refractivity (Wildman–Crippen MR) is 68.5 cm³/mol. The number of rotatable bonds is 6. The zero-order valence-electron chi connectivity index (χ0n) is 11.1. The van der Waals surface area contributed by atoms with Crippen molar-refractivity contribution < 1.29 is 9.47 Å². The van der Waals surface area contributed by atoms with Gasteiger partial charge in [0.15, 0.2) is 0 Å². The third-order valence-electron chi connectivity index (χ3n) is 2.27. The molecule has 0 aliphatic rings. The molecule has 0 fully saturated rings. The normalized spacial score (nSPS) is 12.2. The number of hydrogen-bond acceptors (Lipinski definition) is 7. The Balaban J connectivity index is 2.26. The van der Waals surface area contributed by atoms with Gasteiger partial charge in [-0.2, -0.15) is 15.0 Å². The minimum Gasteiger partial charge on any atom is -0.458 e. The number of anilines is 1. The number of nitrogens with zero attached hydrogens (tertiary/aromatic N) is 5. The van der Waals surface area contributed by atoms with Gasteiger partial charge in [-0.15, -0.1) is 0 Å². The molecule has 2 aromatic rings. The molecule has 0 bridgehead atoms. The molecule has 2 rings (SSSR count). The molecule has 0 aliphatic heterocycles. The van der Waals surface area contributed by atoms with Crippen LogP contribution in [0.1, 0.15) is 6.92 Å². The fourth-order valence-electron chi connectivity index (χ4n) is 1.45. The van der Waals surface area contributed by atoms with Gasteiger partial charge in [0.05, 0.1) is 6.61 Å². The Labute approximate surface area is 110 Å². The second-order valence-corrected chi connectivity index (χ2v) is 3.85. The lowest BCUT2D eigenvalue weighted by molar-refractivity contribution is 0.0854. The van der Waals surface area contributed by atoms with Crippen molar-refractivity contribution in [2.75, 3.05) is 26.1 Å². The highest BCUT2D eigenvalue weighted by Gasteiger charge is 2.11. The van der Waals surface area contributed by atoms with Gasteiger partial charge in [0.1, 0.15) is 12.4 Å². The van der Waals surface area contributed by atoms with E-state index in [1.807, 2.05) is 6.92 Å². The minimum absolute atomic E-state index is 0.146.